The Balaban J connectivity index is 3.03. The van der Waals surface area contributed by atoms with Crippen LogP contribution in [0.25, 0.3) is 5.70 Å². The first-order valence-corrected chi connectivity index (χ1v) is 4.08. The zero-order chi connectivity index (χ0) is 10.4. The van der Waals surface area contributed by atoms with E-state index in [0.29, 0.717) is 5.70 Å². The molecule has 0 bridgehead atoms. The third-order valence-electron chi connectivity index (χ3n) is 1.70. The molecule has 0 amide bonds. The summed E-state index contributed by atoms with van der Waals surface area (Å²) < 4.78 is 4.66. The number of benzene rings is 1. The summed E-state index contributed by atoms with van der Waals surface area (Å²) in [6, 6.07) is 9.30. The van der Waals surface area contributed by atoms with Gasteiger partial charge in [0.1, 0.15) is 5.70 Å². The third-order valence-corrected chi connectivity index (χ3v) is 1.70. The molecule has 0 atom stereocenters. The molecule has 4 nitrogen and oxygen atoms in total. The number of nitriles is 1. The van der Waals surface area contributed by atoms with Gasteiger partial charge in [0.15, 0.2) is 0 Å². The van der Waals surface area contributed by atoms with Crippen molar-refractivity contribution in [2.45, 2.75) is 0 Å². The number of rotatable bonds is 3. The van der Waals surface area contributed by atoms with Crippen LogP contribution < -0.4 is 11.1 Å². The van der Waals surface area contributed by atoms with Gasteiger partial charge in [0.05, 0.1) is 0 Å². The minimum absolute atomic E-state index is 0.263. The number of ether oxygens (including phenoxy) is 1. The van der Waals surface area contributed by atoms with E-state index in [1.807, 2.05) is 30.3 Å². The van der Waals surface area contributed by atoms with Crippen molar-refractivity contribution in [3.05, 3.63) is 41.8 Å². The second kappa shape index (κ2) is 4.77. The van der Waals surface area contributed by atoms with E-state index in [0.717, 1.165) is 5.56 Å². The van der Waals surface area contributed by atoms with E-state index in [-0.39, 0.29) is 5.88 Å². The van der Waals surface area contributed by atoms with Crippen LogP contribution in [0, 0.1) is 11.5 Å². The maximum atomic E-state index is 8.36. The molecule has 4 heteroatoms. The third kappa shape index (κ3) is 2.17. The monoisotopic (exact) mass is 189 g/mol. The van der Waals surface area contributed by atoms with Crippen LogP contribution in [-0.2, 0) is 4.74 Å². The van der Waals surface area contributed by atoms with Gasteiger partial charge in [0, 0.05) is 12.6 Å². The SMILES string of the molecule is CN/C(OC#N)=C(/N)c1ccccc1. The van der Waals surface area contributed by atoms with Gasteiger partial charge in [-0.2, -0.15) is 0 Å². The van der Waals surface area contributed by atoms with E-state index in [1.54, 1.807) is 13.3 Å². The molecule has 0 heterocycles. The van der Waals surface area contributed by atoms with Crippen LogP contribution in [0.2, 0.25) is 0 Å². The van der Waals surface area contributed by atoms with Crippen LogP contribution in [0.15, 0.2) is 36.2 Å². The normalized spacial score (nSPS) is 11.1. The van der Waals surface area contributed by atoms with Crippen LogP contribution >= 0.6 is 0 Å². The molecule has 0 aliphatic carbocycles. The molecule has 1 aromatic carbocycles. The molecule has 1 rings (SSSR count). The number of nitrogens with two attached hydrogens (primary N) is 1. The molecule has 1 aromatic rings. The number of hydrogen-bond acceptors (Lipinski definition) is 4. The van der Waals surface area contributed by atoms with Gasteiger partial charge in [0.2, 0.25) is 5.88 Å². The predicted molar refractivity (Wildman–Crippen MR) is 53.3 cm³/mol. The molecule has 14 heavy (non-hydrogen) atoms. The van der Waals surface area contributed by atoms with Crippen molar-refractivity contribution in [3.63, 3.8) is 0 Å². The van der Waals surface area contributed by atoms with Gasteiger partial charge in [-0.05, 0) is 0 Å². The fourth-order valence-electron chi connectivity index (χ4n) is 1.04. The quantitative estimate of drug-likeness (QED) is 0.549. The summed E-state index contributed by atoms with van der Waals surface area (Å²) in [5.74, 6) is 0.263. The standard InChI is InChI=1S/C10H11N3O/c1-13-10(14-7-11)9(12)8-5-3-2-4-6-8/h2-6,13H,12H2,1H3/b10-9-. The first-order valence-electron chi connectivity index (χ1n) is 4.08. The Morgan fingerprint density at radius 2 is 2.07 bits per heavy atom. The molecule has 0 aliphatic rings. The Hall–Kier alpha value is -2.15. The molecular weight excluding hydrogens is 178 g/mol. The summed E-state index contributed by atoms with van der Waals surface area (Å²) in [4.78, 5) is 0. The van der Waals surface area contributed by atoms with Gasteiger partial charge in [-0.15, -0.1) is 5.26 Å². The van der Waals surface area contributed by atoms with Crippen LogP contribution in [-0.4, -0.2) is 7.05 Å². The minimum atomic E-state index is 0.263. The predicted octanol–water partition coefficient (Wildman–Crippen LogP) is 0.988. The molecule has 72 valence electrons. The van der Waals surface area contributed by atoms with Crippen LogP contribution in [0.1, 0.15) is 5.56 Å². The van der Waals surface area contributed by atoms with Crippen molar-refractivity contribution in [2.75, 3.05) is 7.05 Å². The molecule has 0 aliphatic heterocycles. The van der Waals surface area contributed by atoms with E-state index in [9.17, 15) is 0 Å². The van der Waals surface area contributed by atoms with E-state index in [4.69, 9.17) is 11.0 Å². The molecule has 0 saturated carbocycles. The van der Waals surface area contributed by atoms with Crippen molar-refractivity contribution < 1.29 is 4.74 Å². The highest BCUT2D eigenvalue weighted by Gasteiger charge is 2.04. The fourth-order valence-corrected chi connectivity index (χ4v) is 1.04. The maximum Gasteiger partial charge on any atom is 0.293 e. The lowest BCUT2D eigenvalue weighted by atomic mass is 10.2. The number of nitrogens with zero attached hydrogens (tertiary/aromatic N) is 1. The summed E-state index contributed by atoms with van der Waals surface area (Å²) >= 11 is 0. The number of nitrogens with one attached hydrogen (secondary N) is 1. The Morgan fingerprint density at radius 3 is 2.57 bits per heavy atom. The van der Waals surface area contributed by atoms with Crippen molar-refractivity contribution in [1.82, 2.24) is 5.32 Å². The Kier molecular flexibility index (Phi) is 3.39. The van der Waals surface area contributed by atoms with E-state index in [1.165, 1.54) is 0 Å². The largest absolute Gasteiger partial charge is 0.394 e. The van der Waals surface area contributed by atoms with Gasteiger partial charge < -0.3 is 15.8 Å². The highest BCUT2D eigenvalue weighted by Crippen LogP contribution is 2.11. The van der Waals surface area contributed by atoms with Gasteiger partial charge in [-0.1, -0.05) is 30.3 Å². The van der Waals surface area contributed by atoms with Crippen molar-refractivity contribution in [2.24, 2.45) is 5.73 Å². The Labute approximate surface area is 82.6 Å². The number of hydrogen-bond donors (Lipinski definition) is 2. The van der Waals surface area contributed by atoms with Gasteiger partial charge >= 0.3 is 0 Å². The zero-order valence-corrected chi connectivity index (χ0v) is 7.82. The topological polar surface area (TPSA) is 71.1 Å². The highest BCUT2D eigenvalue weighted by atomic mass is 16.5. The second-order valence-electron chi connectivity index (χ2n) is 2.55. The van der Waals surface area contributed by atoms with Crippen molar-refractivity contribution in [1.29, 1.82) is 5.26 Å². The first kappa shape index (κ1) is 9.93. The summed E-state index contributed by atoms with van der Waals surface area (Å²) in [5, 5.41) is 11.1. The zero-order valence-electron chi connectivity index (χ0n) is 7.82. The molecule has 3 N–H and O–H groups in total. The molecule has 0 aromatic heterocycles. The lowest BCUT2D eigenvalue weighted by molar-refractivity contribution is 0.347. The first-order chi connectivity index (χ1) is 6.79. The summed E-state index contributed by atoms with van der Waals surface area (Å²) in [6.07, 6.45) is 1.57. The van der Waals surface area contributed by atoms with Gasteiger partial charge in [-0.25, -0.2) is 0 Å². The van der Waals surface area contributed by atoms with Crippen molar-refractivity contribution >= 4 is 5.70 Å². The van der Waals surface area contributed by atoms with Crippen molar-refractivity contribution in [3.8, 4) is 6.26 Å². The highest BCUT2D eigenvalue weighted by molar-refractivity contribution is 5.64. The maximum absolute atomic E-state index is 8.36. The summed E-state index contributed by atoms with van der Waals surface area (Å²) in [6.45, 7) is 0. The Morgan fingerprint density at radius 1 is 1.43 bits per heavy atom. The molecule has 0 radical (unpaired) electrons. The second-order valence-corrected chi connectivity index (χ2v) is 2.55. The molecule has 0 unspecified atom stereocenters. The molecule has 0 fully saturated rings. The average molecular weight is 189 g/mol. The van der Waals surface area contributed by atoms with Crippen LogP contribution in [0.5, 0.6) is 0 Å². The fraction of sp³-hybridized carbons (Fsp3) is 0.100. The van der Waals surface area contributed by atoms with E-state index < -0.39 is 0 Å². The van der Waals surface area contributed by atoms with Gasteiger partial charge in [0.25, 0.3) is 6.26 Å². The lowest BCUT2D eigenvalue weighted by Gasteiger charge is -2.07. The van der Waals surface area contributed by atoms with Crippen LogP contribution in [0.3, 0.4) is 0 Å². The molecule has 0 saturated heterocycles. The van der Waals surface area contributed by atoms with Gasteiger partial charge in [-0.3, -0.25) is 0 Å². The molecule has 0 spiro atoms. The Bertz CT molecular complexity index is 365. The summed E-state index contributed by atoms with van der Waals surface area (Å²) in [5.41, 5.74) is 7.00. The van der Waals surface area contributed by atoms with E-state index in [2.05, 4.69) is 10.1 Å². The van der Waals surface area contributed by atoms with Crippen LogP contribution in [0.4, 0.5) is 0 Å². The smallest absolute Gasteiger partial charge is 0.293 e. The molecular formula is C10H11N3O. The average Bonchev–Trinajstić information content (AvgIpc) is 2.26. The minimum Gasteiger partial charge on any atom is -0.394 e. The lowest BCUT2D eigenvalue weighted by Crippen LogP contribution is -2.14. The summed E-state index contributed by atoms with van der Waals surface area (Å²) in [7, 11) is 1.64. The van der Waals surface area contributed by atoms with E-state index >= 15 is 0 Å².